The minimum Gasteiger partial charge on any atom is -0.385 e. The fourth-order valence-corrected chi connectivity index (χ4v) is 3.34. The number of aliphatic imine (C=N–C) groups is 1. The molecule has 0 unspecified atom stereocenters. The van der Waals surface area contributed by atoms with Crippen LogP contribution in [-0.4, -0.2) is 45.7 Å². The van der Waals surface area contributed by atoms with Gasteiger partial charge < -0.3 is 20.7 Å². The van der Waals surface area contributed by atoms with Crippen LogP contribution in [-0.2, 0) is 9.53 Å². The molecule has 1 aromatic rings. The lowest BCUT2D eigenvalue weighted by atomic mass is 9.83. The molecule has 1 amide bonds. The van der Waals surface area contributed by atoms with Crippen LogP contribution in [0, 0.1) is 5.41 Å². The van der Waals surface area contributed by atoms with Gasteiger partial charge in [-0.2, -0.15) is 0 Å². The van der Waals surface area contributed by atoms with Crippen LogP contribution in [0.1, 0.15) is 32.1 Å². The zero-order valence-electron chi connectivity index (χ0n) is 15.7. The standard InChI is InChI=1S/C19H30N4O2.HI/c1-20-18(21-14-17(24)23-16-8-4-3-5-9-16)22-15-19(12-13-25-2)10-6-7-11-19;/h3-5,8-9H,6-7,10-15H2,1-2H3,(H,23,24)(H2,20,21,22);1H. The Morgan fingerprint density at radius 3 is 2.50 bits per heavy atom. The Hall–Kier alpha value is -1.35. The van der Waals surface area contributed by atoms with E-state index in [9.17, 15) is 4.79 Å². The van der Waals surface area contributed by atoms with E-state index in [1.54, 1.807) is 14.2 Å². The highest BCUT2D eigenvalue weighted by Crippen LogP contribution is 2.40. The number of guanidine groups is 1. The van der Waals surface area contributed by atoms with Gasteiger partial charge in [-0.3, -0.25) is 9.79 Å². The predicted octanol–water partition coefficient (Wildman–Crippen LogP) is 3.01. The lowest BCUT2D eigenvalue weighted by molar-refractivity contribution is -0.115. The molecular weight excluding hydrogens is 443 g/mol. The van der Waals surface area contributed by atoms with Crippen molar-refractivity contribution in [3.05, 3.63) is 30.3 Å². The van der Waals surface area contributed by atoms with Crippen LogP contribution < -0.4 is 16.0 Å². The summed E-state index contributed by atoms with van der Waals surface area (Å²) in [7, 11) is 3.48. The number of anilines is 1. The first kappa shape index (κ1) is 22.7. The summed E-state index contributed by atoms with van der Waals surface area (Å²) < 4.78 is 5.27. The van der Waals surface area contributed by atoms with Crippen molar-refractivity contribution in [1.82, 2.24) is 10.6 Å². The van der Waals surface area contributed by atoms with Crippen molar-refractivity contribution in [3.63, 3.8) is 0 Å². The van der Waals surface area contributed by atoms with Gasteiger partial charge in [-0.25, -0.2) is 0 Å². The van der Waals surface area contributed by atoms with Crippen molar-refractivity contribution in [2.24, 2.45) is 10.4 Å². The normalized spacial score (nSPS) is 15.8. The number of benzene rings is 1. The number of nitrogens with one attached hydrogen (secondary N) is 3. The molecule has 1 aliphatic rings. The average molecular weight is 474 g/mol. The number of halogens is 1. The highest BCUT2D eigenvalue weighted by molar-refractivity contribution is 14.0. The number of methoxy groups -OCH3 is 1. The highest BCUT2D eigenvalue weighted by atomic mass is 127. The first-order chi connectivity index (χ1) is 12.2. The van der Waals surface area contributed by atoms with E-state index in [0.29, 0.717) is 5.96 Å². The SMILES string of the molecule is CN=C(NCC(=O)Nc1ccccc1)NCC1(CCOC)CCCC1.I. The number of amides is 1. The van der Waals surface area contributed by atoms with E-state index in [0.717, 1.165) is 25.3 Å². The Kier molecular flexibility index (Phi) is 10.6. The smallest absolute Gasteiger partial charge is 0.243 e. The van der Waals surface area contributed by atoms with E-state index in [1.807, 2.05) is 30.3 Å². The number of hydrogen-bond acceptors (Lipinski definition) is 3. The first-order valence-corrected chi connectivity index (χ1v) is 8.96. The molecule has 0 spiro atoms. The maximum absolute atomic E-state index is 12.0. The van der Waals surface area contributed by atoms with Gasteiger partial charge in [0.2, 0.25) is 5.91 Å². The summed E-state index contributed by atoms with van der Waals surface area (Å²) >= 11 is 0. The Bertz CT molecular complexity index is 560. The van der Waals surface area contributed by atoms with Crippen LogP contribution in [0.3, 0.4) is 0 Å². The number of ether oxygens (including phenoxy) is 1. The monoisotopic (exact) mass is 474 g/mol. The third kappa shape index (κ3) is 7.49. The topological polar surface area (TPSA) is 74.8 Å². The summed E-state index contributed by atoms with van der Waals surface area (Å²) in [6, 6.07) is 9.44. The number of carbonyl (C=O) groups is 1. The van der Waals surface area contributed by atoms with Gasteiger partial charge in [0.1, 0.15) is 0 Å². The second kappa shape index (κ2) is 12.1. The summed E-state index contributed by atoms with van der Waals surface area (Å²) in [4.78, 5) is 16.2. The molecule has 1 saturated carbocycles. The molecule has 6 nitrogen and oxygen atoms in total. The molecule has 0 radical (unpaired) electrons. The van der Waals surface area contributed by atoms with Gasteiger partial charge in [0.15, 0.2) is 5.96 Å². The van der Waals surface area contributed by atoms with E-state index in [4.69, 9.17) is 4.74 Å². The van der Waals surface area contributed by atoms with Gasteiger partial charge in [0.05, 0.1) is 6.54 Å². The maximum Gasteiger partial charge on any atom is 0.243 e. The second-order valence-electron chi connectivity index (χ2n) is 6.64. The van der Waals surface area contributed by atoms with Crippen molar-refractivity contribution < 1.29 is 9.53 Å². The molecule has 1 aliphatic carbocycles. The third-order valence-electron chi connectivity index (χ3n) is 4.83. The first-order valence-electron chi connectivity index (χ1n) is 8.96. The molecule has 0 bridgehead atoms. The maximum atomic E-state index is 12.0. The number of hydrogen-bond donors (Lipinski definition) is 3. The lowest BCUT2D eigenvalue weighted by Crippen LogP contribution is -2.45. The third-order valence-corrected chi connectivity index (χ3v) is 4.83. The fourth-order valence-electron chi connectivity index (χ4n) is 3.34. The Balaban J connectivity index is 0.00000338. The van der Waals surface area contributed by atoms with Crippen LogP contribution in [0.15, 0.2) is 35.3 Å². The van der Waals surface area contributed by atoms with Crippen molar-refractivity contribution in [2.45, 2.75) is 32.1 Å². The Morgan fingerprint density at radius 2 is 1.88 bits per heavy atom. The van der Waals surface area contributed by atoms with Crippen LogP contribution in [0.2, 0.25) is 0 Å². The summed E-state index contributed by atoms with van der Waals surface area (Å²) in [5, 5.41) is 9.32. The summed E-state index contributed by atoms with van der Waals surface area (Å²) in [5.41, 5.74) is 1.07. The van der Waals surface area contributed by atoms with Crippen molar-refractivity contribution in [3.8, 4) is 0 Å². The molecular formula is C19H31IN4O2. The lowest BCUT2D eigenvalue weighted by Gasteiger charge is -2.29. The van der Waals surface area contributed by atoms with Crippen LogP contribution in [0.5, 0.6) is 0 Å². The number of rotatable bonds is 8. The molecule has 0 saturated heterocycles. The molecule has 146 valence electrons. The molecule has 0 atom stereocenters. The largest absolute Gasteiger partial charge is 0.385 e. The molecule has 7 heteroatoms. The summed E-state index contributed by atoms with van der Waals surface area (Å²) in [5.74, 6) is 0.566. The minimum absolute atomic E-state index is 0. The van der Waals surface area contributed by atoms with E-state index in [1.165, 1.54) is 25.7 Å². The van der Waals surface area contributed by atoms with E-state index >= 15 is 0 Å². The number of carbonyl (C=O) groups excluding carboxylic acids is 1. The molecule has 0 heterocycles. The van der Waals surface area contributed by atoms with Crippen LogP contribution in [0.4, 0.5) is 5.69 Å². The van der Waals surface area contributed by atoms with Crippen molar-refractivity contribution >= 4 is 41.5 Å². The molecule has 1 aromatic carbocycles. The molecule has 3 N–H and O–H groups in total. The van der Waals surface area contributed by atoms with Gasteiger partial charge in [0.25, 0.3) is 0 Å². The molecule has 0 aliphatic heterocycles. The van der Waals surface area contributed by atoms with Gasteiger partial charge in [-0.1, -0.05) is 31.0 Å². The van der Waals surface area contributed by atoms with E-state index < -0.39 is 0 Å². The van der Waals surface area contributed by atoms with Crippen molar-refractivity contribution in [2.75, 3.05) is 39.2 Å². The highest BCUT2D eigenvalue weighted by Gasteiger charge is 2.33. The number of nitrogens with zero attached hydrogens (tertiary/aromatic N) is 1. The predicted molar refractivity (Wildman–Crippen MR) is 117 cm³/mol. The average Bonchev–Trinajstić information content (AvgIpc) is 3.10. The summed E-state index contributed by atoms with van der Waals surface area (Å²) in [6.45, 7) is 1.82. The zero-order chi connectivity index (χ0) is 18.0. The van der Waals surface area contributed by atoms with Crippen molar-refractivity contribution in [1.29, 1.82) is 0 Å². The number of para-hydroxylation sites is 1. The molecule has 2 rings (SSSR count). The van der Waals surface area contributed by atoms with E-state index in [2.05, 4.69) is 20.9 Å². The fraction of sp³-hybridized carbons (Fsp3) is 0.579. The molecule has 26 heavy (non-hydrogen) atoms. The van der Waals surface area contributed by atoms with Gasteiger partial charge >= 0.3 is 0 Å². The van der Waals surface area contributed by atoms with Gasteiger partial charge in [-0.05, 0) is 36.8 Å². The molecule has 0 aromatic heterocycles. The van der Waals surface area contributed by atoms with Crippen LogP contribution in [0.25, 0.3) is 0 Å². The second-order valence-corrected chi connectivity index (χ2v) is 6.64. The molecule has 1 fully saturated rings. The van der Waals surface area contributed by atoms with Gasteiger partial charge in [0, 0.05) is 33.0 Å². The Labute approximate surface area is 173 Å². The summed E-state index contributed by atoms with van der Waals surface area (Å²) in [6.07, 6.45) is 6.04. The minimum atomic E-state index is -0.0934. The van der Waals surface area contributed by atoms with E-state index in [-0.39, 0.29) is 41.8 Å². The Morgan fingerprint density at radius 1 is 1.19 bits per heavy atom. The van der Waals surface area contributed by atoms with Crippen LogP contribution >= 0.6 is 24.0 Å². The zero-order valence-corrected chi connectivity index (χ0v) is 18.0. The van der Waals surface area contributed by atoms with Gasteiger partial charge in [-0.15, -0.1) is 24.0 Å². The quantitative estimate of drug-likeness (QED) is 0.308.